The van der Waals surface area contributed by atoms with Crippen molar-refractivity contribution in [3.05, 3.63) is 132 Å². The van der Waals surface area contributed by atoms with Crippen molar-refractivity contribution >= 4 is 45.4 Å². The maximum atomic E-state index is 3.32. The van der Waals surface area contributed by atoms with E-state index >= 15 is 0 Å². The minimum absolute atomic E-state index is 0.104. The van der Waals surface area contributed by atoms with Gasteiger partial charge in [-0.15, -0.1) is 0 Å². The van der Waals surface area contributed by atoms with Gasteiger partial charge < -0.3 is 0 Å². The van der Waals surface area contributed by atoms with E-state index in [2.05, 4.69) is 103 Å². The first kappa shape index (κ1) is 19.4. The first-order valence-electron chi connectivity index (χ1n) is 10.3. The number of benzene rings is 5. The molecule has 0 aromatic heterocycles. The molecule has 0 atom stereocenters. The molecule has 0 N–H and O–H groups in total. The van der Waals surface area contributed by atoms with E-state index in [-0.39, 0.29) is 15.0 Å². The van der Waals surface area contributed by atoms with Crippen LogP contribution in [0.2, 0.25) is 0 Å². The Kier molecular flexibility index (Phi) is 5.68. The molecule has 0 saturated heterocycles. The van der Waals surface area contributed by atoms with Crippen molar-refractivity contribution in [2.24, 2.45) is 0 Å². The fourth-order valence-electron chi connectivity index (χ4n) is 3.67. The minimum atomic E-state index is 0.104. The summed E-state index contributed by atoms with van der Waals surface area (Å²) in [4.78, 5) is 0. The zero-order valence-corrected chi connectivity index (χ0v) is 18.7. The number of fused-ring (bicyclic) bond motifs is 2. The van der Waals surface area contributed by atoms with Gasteiger partial charge in [0.25, 0.3) is 0 Å². The Hall–Kier alpha value is -3.56. The van der Waals surface area contributed by atoms with Gasteiger partial charge in [0.1, 0.15) is 0 Å². The quantitative estimate of drug-likeness (QED) is 0.166. The molecule has 0 heterocycles. The fourth-order valence-corrected chi connectivity index (χ4v) is 6.16. The van der Waals surface area contributed by atoms with E-state index in [0.717, 1.165) is 5.56 Å². The van der Waals surface area contributed by atoms with Crippen molar-refractivity contribution in [3.63, 3.8) is 0 Å². The van der Waals surface area contributed by atoms with Gasteiger partial charge in [-0.05, 0) is 0 Å². The fraction of sp³-hybridized carbons (Fsp3) is 0. The monoisotopic (exact) mass is 460 g/mol. The summed E-state index contributed by atoms with van der Waals surface area (Å²) in [6, 6.07) is 40.5. The van der Waals surface area contributed by atoms with E-state index < -0.39 is 0 Å². The van der Waals surface area contributed by atoms with Crippen LogP contribution in [0, 0.1) is 11.8 Å². The Bertz CT molecular complexity index is 1380. The van der Waals surface area contributed by atoms with Crippen molar-refractivity contribution in [1.82, 2.24) is 0 Å². The summed E-state index contributed by atoms with van der Waals surface area (Å²) in [5.41, 5.74) is 2.27. The van der Waals surface area contributed by atoms with Gasteiger partial charge in [0.2, 0.25) is 0 Å². The third-order valence-electron chi connectivity index (χ3n) is 5.19. The Labute approximate surface area is 189 Å². The molecule has 146 valence electrons. The van der Waals surface area contributed by atoms with Gasteiger partial charge in [-0.1, -0.05) is 0 Å². The Morgan fingerprint density at radius 1 is 0.613 bits per heavy atom. The van der Waals surface area contributed by atoms with Crippen LogP contribution >= 0.6 is 0 Å². The molecular formula is C30H20Se. The van der Waals surface area contributed by atoms with Gasteiger partial charge in [0.15, 0.2) is 0 Å². The number of hydrogen-bond acceptors (Lipinski definition) is 0. The van der Waals surface area contributed by atoms with Gasteiger partial charge in [-0.25, -0.2) is 0 Å². The SMILES string of the molecule is C(#Cc1ccccc1)/C=C(/[Se]c1c2ccccc2cc2ccccc12)c1ccccc1. The first-order valence-corrected chi connectivity index (χ1v) is 12.0. The maximum absolute atomic E-state index is 3.32. The van der Waals surface area contributed by atoms with Gasteiger partial charge >= 0.3 is 190 Å². The molecule has 31 heavy (non-hydrogen) atoms. The molecule has 0 unspecified atom stereocenters. The third-order valence-corrected chi connectivity index (χ3v) is 7.74. The van der Waals surface area contributed by atoms with Crippen molar-refractivity contribution in [2.45, 2.75) is 0 Å². The second-order valence-corrected chi connectivity index (χ2v) is 9.47. The van der Waals surface area contributed by atoms with Crippen LogP contribution in [0.1, 0.15) is 11.1 Å². The Morgan fingerprint density at radius 3 is 1.81 bits per heavy atom. The summed E-state index contributed by atoms with van der Waals surface area (Å²) in [6.45, 7) is 0. The van der Waals surface area contributed by atoms with E-state index in [0.29, 0.717) is 0 Å². The molecule has 0 bridgehead atoms. The van der Waals surface area contributed by atoms with Crippen molar-refractivity contribution in [2.75, 3.05) is 0 Å². The molecule has 0 aliphatic heterocycles. The van der Waals surface area contributed by atoms with Gasteiger partial charge in [-0.2, -0.15) is 0 Å². The van der Waals surface area contributed by atoms with Crippen LogP contribution in [0.15, 0.2) is 121 Å². The molecule has 5 aromatic rings. The van der Waals surface area contributed by atoms with Crippen LogP contribution in [-0.4, -0.2) is 15.0 Å². The predicted molar refractivity (Wildman–Crippen MR) is 135 cm³/mol. The second-order valence-electron chi connectivity index (χ2n) is 7.26. The van der Waals surface area contributed by atoms with Crippen LogP contribution < -0.4 is 4.46 Å². The molecule has 0 fully saturated rings. The van der Waals surface area contributed by atoms with Crippen LogP contribution in [0.25, 0.3) is 26.0 Å². The Morgan fingerprint density at radius 2 is 1.16 bits per heavy atom. The average Bonchev–Trinajstić information content (AvgIpc) is 2.84. The van der Waals surface area contributed by atoms with Crippen LogP contribution in [0.4, 0.5) is 0 Å². The molecule has 0 spiro atoms. The molecular weight excluding hydrogens is 439 g/mol. The zero-order valence-electron chi connectivity index (χ0n) is 17.0. The van der Waals surface area contributed by atoms with E-state index in [4.69, 9.17) is 0 Å². The van der Waals surface area contributed by atoms with Gasteiger partial charge in [0.05, 0.1) is 0 Å². The van der Waals surface area contributed by atoms with Gasteiger partial charge in [-0.3, -0.25) is 0 Å². The molecule has 0 amide bonds. The Balaban J connectivity index is 1.66. The summed E-state index contributed by atoms with van der Waals surface area (Å²) in [5.74, 6) is 6.61. The third kappa shape index (κ3) is 4.32. The van der Waals surface area contributed by atoms with E-state index in [9.17, 15) is 0 Å². The zero-order chi connectivity index (χ0) is 20.9. The molecule has 5 aromatic carbocycles. The second kappa shape index (κ2) is 9.07. The molecule has 0 nitrogen and oxygen atoms in total. The van der Waals surface area contributed by atoms with Gasteiger partial charge in [0, 0.05) is 0 Å². The standard InChI is InChI=1S/C30H20Se/c1-3-12-23(13-4-1)14-11-21-29(24-15-5-2-6-16-24)31-30-27-19-9-7-17-25(27)22-26-18-8-10-20-28(26)30/h1-10,12-13,15-22H/b29-21+. The summed E-state index contributed by atoms with van der Waals surface area (Å²) in [5, 5.41) is 5.25. The normalized spacial score (nSPS) is 11.3. The molecule has 0 aliphatic rings. The predicted octanol–water partition coefficient (Wildman–Crippen LogP) is 6.42. The molecule has 0 saturated carbocycles. The van der Waals surface area contributed by atoms with Crippen molar-refractivity contribution in [1.29, 1.82) is 0 Å². The van der Waals surface area contributed by atoms with Crippen LogP contribution in [-0.2, 0) is 0 Å². The number of allylic oxidation sites excluding steroid dienone is 1. The first-order chi connectivity index (χ1) is 15.4. The summed E-state index contributed by atoms with van der Waals surface area (Å²) in [7, 11) is 0. The van der Waals surface area contributed by atoms with Crippen molar-refractivity contribution in [3.8, 4) is 11.8 Å². The van der Waals surface area contributed by atoms with E-state index in [1.54, 1.807) is 0 Å². The summed E-state index contributed by atoms with van der Waals surface area (Å²) in [6.07, 6.45) is 2.11. The summed E-state index contributed by atoms with van der Waals surface area (Å²) < 4.78 is 2.70. The van der Waals surface area contributed by atoms with E-state index in [1.807, 2.05) is 30.3 Å². The van der Waals surface area contributed by atoms with E-state index in [1.165, 1.54) is 36.0 Å². The van der Waals surface area contributed by atoms with Crippen LogP contribution in [0.5, 0.6) is 0 Å². The topological polar surface area (TPSA) is 0 Å². The molecule has 1 heteroatoms. The van der Waals surface area contributed by atoms with Crippen molar-refractivity contribution < 1.29 is 0 Å². The molecule has 0 radical (unpaired) electrons. The number of rotatable bonds is 3. The molecule has 5 rings (SSSR count). The van der Waals surface area contributed by atoms with Crippen LogP contribution in [0.3, 0.4) is 0 Å². The number of hydrogen-bond donors (Lipinski definition) is 0. The average molecular weight is 459 g/mol. The summed E-state index contributed by atoms with van der Waals surface area (Å²) >= 11 is 0.104. The molecule has 0 aliphatic carbocycles.